The van der Waals surface area contributed by atoms with Gasteiger partial charge in [0.1, 0.15) is 0 Å². The summed E-state index contributed by atoms with van der Waals surface area (Å²) in [5, 5.41) is 16.7. The Balaban J connectivity index is 2.85. The third-order valence-corrected chi connectivity index (χ3v) is 3.01. The first-order chi connectivity index (χ1) is 8.41. The maximum atomic E-state index is 11.0. The van der Waals surface area contributed by atoms with Gasteiger partial charge in [-0.05, 0) is 26.7 Å². The van der Waals surface area contributed by atoms with Gasteiger partial charge in [-0.3, -0.25) is 0 Å². The number of carboxylic acid groups (broad SMARTS) is 1. The van der Waals surface area contributed by atoms with Gasteiger partial charge < -0.3 is 9.84 Å². The van der Waals surface area contributed by atoms with Crippen molar-refractivity contribution in [1.82, 2.24) is 15.0 Å². The van der Waals surface area contributed by atoms with Gasteiger partial charge in [0.2, 0.25) is 0 Å². The fourth-order valence-corrected chi connectivity index (χ4v) is 1.64. The summed E-state index contributed by atoms with van der Waals surface area (Å²) in [6.45, 7) is 6.58. The van der Waals surface area contributed by atoms with Crippen LogP contribution in [0.3, 0.4) is 0 Å². The Hall–Kier alpha value is -1.43. The van der Waals surface area contributed by atoms with Crippen molar-refractivity contribution in [3.05, 3.63) is 11.4 Å². The maximum absolute atomic E-state index is 11.0. The molecule has 1 rings (SSSR count). The lowest BCUT2D eigenvalue weighted by atomic mass is 10.1. The topological polar surface area (TPSA) is 77.2 Å². The van der Waals surface area contributed by atoms with Crippen LogP contribution in [-0.2, 0) is 17.7 Å². The van der Waals surface area contributed by atoms with Crippen LogP contribution in [0.15, 0.2) is 0 Å². The molecule has 0 fully saturated rings. The van der Waals surface area contributed by atoms with E-state index < -0.39 is 5.97 Å². The second-order valence-corrected chi connectivity index (χ2v) is 4.88. The molecule has 0 aliphatic heterocycles. The summed E-state index contributed by atoms with van der Waals surface area (Å²) in [4.78, 5) is 11.0. The summed E-state index contributed by atoms with van der Waals surface area (Å²) in [6, 6.07) is 0. The molecule has 1 N–H and O–H groups in total. The van der Waals surface area contributed by atoms with Crippen molar-refractivity contribution in [3.8, 4) is 0 Å². The molecule has 0 aromatic carbocycles. The van der Waals surface area contributed by atoms with Crippen molar-refractivity contribution in [1.29, 1.82) is 0 Å². The molecule has 102 valence electrons. The fraction of sp³-hybridized carbons (Fsp3) is 0.750. The van der Waals surface area contributed by atoms with E-state index in [0.29, 0.717) is 18.7 Å². The highest BCUT2D eigenvalue weighted by atomic mass is 16.5. The molecule has 0 saturated carbocycles. The Labute approximate surface area is 107 Å². The lowest BCUT2D eigenvalue weighted by molar-refractivity contribution is 0.0110. The summed E-state index contributed by atoms with van der Waals surface area (Å²) in [7, 11) is 1.66. The Morgan fingerprint density at radius 2 is 2.17 bits per heavy atom. The van der Waals surface area contributed by atoms with Crippen LogP contribution in [0, 0.1) is 0 Å². The van der Waals surface area contributed by atoms with Gasteiger partial charge in [0.25, 0.3) is 0 Å². The molecular formula is C12H21N3O3. The molecule has 0 spiro atoms. The molecule has 6 nitrogen and oxygen atoms in total. The number of aryl methyl sites for hydroxylation is 1. The molecule has 0 unspecified atom stereocenters. The van der Waals surface area contributed by atoms with E-state index in [1.54, 1.807) is 11.8 Å². The van der Waals surface area contributed by atoms with E-state index in [4.69, 9.17) is 9.84 Å². The van der Waals surface area contributed by atoms with Crippen LogP contribution in [-0.4, -0.2) is 38.8 Å². The molecule has 0 bridgehead atoms. The van der Waals surface area contributed by atoms with Crippen LogP contribution >= 0.6 is 0 Å². The number of aromatic nitrogens is 3. The first-order valence-corrected chi connectivity index (χ1v) is 6.12. The molecule has 1 heterocycles. The number of hydrogen-bond acceptors (Lipinski definition) is 4. The van der Waals surface area contributed by atoms with Crippen LogP contribution in [0.4, 0.5) is 0 Å². The van der Waals surface area contributed by atoms with E-state index >= 15 is 0 Å². The summed E-state index contributed by atoms with van der Waals surface area (Å²) in [5.74, 6) is -1.02. The lowest BCUT2D eigenvalue weighted by Crippen LogP contribution is -2.25. The molecule has 6 heteroatoms. The van der Waals surface area contributed by atoms with Gasteiger partial charge in [0.15, 0.2) is 5.69 Å². The molecular weight excluding hydrogens is 234 g/mol. The SMILES string of the molecule is CCCc1c(C(=O)O)nnn1CCC(C)(C)OC. The van der Waals surface area contributed by atoms with Crippen molar-refractivity contribution in [2.24, 2.45) is 0 Å². The Morgan fingerprint density at radius 3 is 2.67 bits per heavy atom. The van der Waals surface area contributed by atoms with Gasteiger partial charge in [0, 0.05) is 13.7 Å². The minimum absolute atomic E-state index is 0.0621. The summed E-state index contributed by atoms with van der Waals surface area (Å²) < 4.78 is 7.01. The monoisotopic (exact) mass is 255 g/mol. The Bertz CT molecular complexity index is 413. The van der Waals surface area contributed by atoms with Crippen molar-refractivity contribution in [2.75, 3.05) is 7.11 Å². The Kier molecular flexibility index (Phi) is 4.84. The van der Waals surface area contributed by atoms with Gasteiger partial charge in [-0.1, -0.05) is 18.6 Å². The predicted octanol–water partition coefficient (Wildman–Crippen LogP) is 1.74. The van der Waals surface area contributed by atoms with Crippen LogP contribution in [0.1, 0.15) is 49.8 Å². The van der Waals surface area contributed by atoms with Gasteiger partial charge in [0.05, 0.1) is 11.3 Å². The predicted molar refractivity (Wildman–Crippen MR) is 66.7 cm³/mol. The summed E-state index contributed by atoms with van der Waals surface area (Å²) in [5.41, 5.74) is 0.503. The lowest BCUT2D eigenvalue weighted by Gasteiger charge is -2.22. The second-order valence-electron chi connectivity index (χ2n) is 4.88. The van der Waals surface area contributed by atoms with E-state index in [1.165, 1.54) is 0 Å². The number of aromatic carboxylic acids is 1. The first kappa shape index (κ1) is 14.6. The highest BCUT2D eigenvalue weighted by Gasteiger charge is 2.21. The molecule has 0 aliphatic rings. The Morgan fingerprint density at radius 1 is 1.50 bits per heavy atom. The van der Waals surface area contributed by atoms with E-state index in [2.05, 4.69) is 10.3 Å². The van der Waals surface area contributed by atoms with Crippen LogP contribution in [0.2, 0.25) is 0 Å². The van der Waals surface area contributed by atoms with Crippen molar-refractivity contribution < 1.29 is 14.6 Å². The van der Waals surface area contributed by atoms with E-state index in [0.717, 1.165) is 12.8 Å². The normalized spacial score (nSPS) is 11.8. The maximum Gasteiger partial charge on any atom is 0.358 e. The number of methoxy groups -OCH3 is 1. The highest BCUT2D eigenvalue weighted by molar-refractivity contribution is 5.86. The molecule has 1 aromatic heterocycles. The van der Waals surface area contributed by atoms with Gasteiger partial charge in [-0.15, -0.1) is 5.10 Å². The number of rotatable bonds is 7. The van der Waals surface area contributed by atoms with E-state index in [1.807, 2.05) is 20.8 Å². The number of ether oxygens (including phenoxy) is 1. The molecule has 0 aliphatic carbocycles. The fourth-order valence-electron chi connectivity index (χ4n) is 1.64. The molecule has 0 saturated heterocycles. The second kappa shape index (κ2) is 5.95. The van der Waals surface area contributed by atoms with E-state index in [-0.39, 0.29) is 11.3 Å². The number of nitrogens with zero attached hydrogens (tertiary/aromatic N) is 3. The number of hydrogen-bond donors (Lipinski definition) is 1. The number of carboxylic acids is 1. The van der Waals surface area contributed by atoms with Crippen LogP contribution < -0.4 is 0 Å². The van der Waals surface area contributed by atoms with Crippen molar-refractivity contribution >= 4 is 5.97 Å². The zero-order valence-electron chi connectivity index (χ0n) is 11.4. The highest BCUT2D eigenvalue weighted by Crippen LogP contribution is 2.16. The third kappa shape index (κ3) is 3.53. The first-order valence-electron chi connectivity index (χ1n) is 6.12. The molecule has 18 heavy (non-hydrogen) atoms. The standard InChI is InChI=1S/C12H21N3O3/c1-5-6-9-10(11(16)17)13-14-15(9)8-7-12(2,3)18-4/h5-8H2,1-4H3,(H,16,17). The molecule has 1 aromatic rings. The minimum Gasteiger partial charge on any atom is -0.476 e. The summed E-state index contributed by atoms with van der Waals surface area (Å²) in [6.07, 6.45) is 2.28. The van der Waals surface area contributed by atoms with Gasteiger partial charge in [-0.2, -0.15) is 0 Å². The average molecular weight is 255 g/mol. The van der Waals surface area contributed by atoms with Crippen LogP contribution in [0.25, 0.3) is 0 Å². The molecule has 0 radical (unpaired) electrons. The van der Waals surface area contributed by atoms with Crippen molar-refractivity contribution in [2.45, 2.75) is 52.2 Å². The summed E-state index contributed by atoms with van der Waals surface area (Å²) >= 11 is 0. The molecule has 0 amide bonds. The third-order valence-electron chi connectivity index (χ3n) is 3.01. The quantitative estimate of drug-likeness (QED) is 0.803. The number of carbonyl (C=O) groups is 1. The van der Waals surface area contributed by atoms with E-state index in [9.17, 15) is 4.79 Å². The smallest absolute Gasteiger partial charge is 0.358 e. The minimum atomic E-state index is -1.02. The van der Waals surface area contributed by atoms with Crippen LogP contribution in [0.5, 0.6) is 0 Å². The average Bonchev–Trinajstić information content (AvgIpc) is 2.70. The zero-order chi connectivity index (χ0) is 13.8. The zero-order valence-corrected chi connectivity index (χ0v) is 11.4. The molecule has 0 atom stereocenters. The van der Waals surface area contributed by atoms with Gasteiger partial charge >= 0.3 is 5.97 Å². The largest absolute Gasteiger partial charge is 0.476 e. The van der Waals surface area contributed by atoms with Crippen molar-refractivity contribution in [3.63, 3.8) is 0 Å². The van der Waals surface area contributed by atoms with Gasteiger partial charge in [-0.25, -0.2) is 9.48 Å².